The third kappa shape index (κ3) is 4.68. The summed E-state index contributed by atoms with van der Waals surface area (Å²) in [5, 5.41) is 7.84. The van der Waals surface area contributed by atoms with Crippen molar-refractivity contribution in [3.63, 3.8) is 0 Å². The zero-order valence-corrected chi connectivity index (χ0v) is 18.8. The molecule has 6 N–H and O–H groups in total. The highest BCUT2D eigenvalue weighted by Gasteiger charge is 2.41. The van der Waals surface area contributed by atoms with E-state index in [0.717, 1.165) is 46.4 Å². The topological polar surface area (TPSA) is 124 Å². The fourth-order valence-corrected chi connectivity index (χ4v) is 5.27. The predicted octanol–water partition coefficient (Wildman–Crippen LogP) is 2.76. The molecule has 1 spiro atoms. The highest BCUT2D eigenvalue weighted by atomic mass is 35.5. The zero-order valence-electron chi connectivity index (χ0n) is 17.2. The molecular weight excluding hydrogens is 450 g/mol. The minimum Gasteiger partial charge on any atom is -0.371 e. The van der Waals surface area contributed by atoms with E-state index >= 15 is 0 Å². The van der Waals surface area contributed by atoms with Gasteiger partial charge in [-0.2, -0.15) is 11.8 Å². The van der Waals surface area contributed by atoms with E-state index in [0.29, 0.717) is 41.4 Å². The highest BCUT2D eigenvalue weighted by Crippen LogP contribution is 2.43. The Morgan fingerprint density at radius 2 is 2.06 bits per heavy atom. The first-order valence-corrected chi connectivity index (χ1v) is 11.6. The molecule has 32 heavy (non-hydrogen) atoms. The zero-order chi connectivity index (χ0) is 22.6. The first-order chi connectivity index (χ1) is 15.5. The number of carbonyl (C=O) groups excluding carboxylic acids is 2. The lowest BCUT2D eigenvalue weighted by atomic mass is 9.88. The van der Waals surface area contributed by atoms with Crippen LogP contribution in [-0.4, -0.2) is 35.7 Å². The van der Waals surface area contributed by atoms with Crippen molar-refractivity contribution in [3.05, 3.63) is 47.0 Å². The van der Waals surface area contributed by atoms with Crippen LogP contribution < -0.4 is 32.3 Å². The Hall–Kier alpha value is -2.79. The molecule has 1 saturated heterocycles. The van der Waals surface area contributed by atoms with Gasteiger partial charge in [0.1, 0.15) is 5.84 Å². The summed E-state index contributed by atoms with van der Waals surface area (Å²) in [4.78, 5) is 27.2. The van der Waals surface area contributed by atoms with Gasteiger partial charge in [0.2, 0.25) is 12.8 Å². The maximum Gasteiger partial charge on any atom is 0.228 e. The average molecular weight is 474 g/mol. The van der Waals surface area contributed by atoms with Crippen LogP contribution in [0.25, 0.3) is 0 Å². The first-order valence-electron chi connectivity index (χ1n) is 10.1. The number of halogens is 1. The van der Waals surface area contributed by atoms with Crippen LogP contribution in [0, 0.1) is 0 Å². The molecule has 0 saturated carbocycles. The summed E-state index contributed by atoms with van der Waals surface area (Å²) in [6, 6.07) is 11.1. The molecule has 2 aromatic rings. The van der Waals surface area contributed by atoms with Crippen LogP contribution in [-0.2, 0) is 16.1 Å². The van der Waals surface area contributed by atoms with Gasteiger partial charge in [0, 0.05) is 11.6 Å². The van der Waals surface area contributed by atoms with Gasteiger partial charge < -0.3 is 16.1 Å². The molecule has 2 heterocycles. The molecule has 0 aliphatic carbocycles. The van der Waals surface area contributed by atoms with Gasteiger partial charge in [0.05, 0.1) is 28.3 Å². The SMILES string of the molecule is NN(C=O)c1cc2c(cc1NC=O)NC1(CCSCC1)C(NNCc1cccc(Cl)c1)=N2. The van der Waals surface area contributed by atoms with Crippen LogP contribution in [0.15, 0.2) is 41.4 Å². The summed E-state index contributed by atoms with van der Waals surface area (Å²) >= 11 is 7.99. The predicted molar refractivity (Wildman–Crippen MR) is 130 cm³/mol. The normalized spacial score (nSPS) is 16.4. The van der Waals surface area contributed by atoms with Gasteiger partial charge >= 0.3 is 0 Å². The number of anilines is 3. The number of thioether (sulfide) groups is 1. The smallest absolute Gasteiger partial charge is 0.228 e. The molecule has 2 amide bonds. The standard InChI is InChI=1S/C21H24ClN7O2S/c22-15-3-1-2-14(8-15)11-25-28-20-21(4-6-32-7-5-21)27-17-9-18(24-12-30)19(29(23)13-31)10-16(17)26-20/h1-3,8-10,12-13,25,27H,4-7,11,23H2,(H,24,30)(H,26,28). The average Bonchev–Trinajstić information content (AvgIpc) is 2.79. The number of hydrogen-bond acceptors (Lipinski definition) is 8. The van der Waals surface area contributed by atoms with Gasteiger partial charge in [-0.15, -0.1) is 0 Å². The number of carbonyl (C=O) groups is 2. The number of amidine groups is 1. The number of nitrogens with zero attached hydrogens (tertiary/aromatic N) is 2. The maximum atomic E-state index is 11.2. The Balaban J connectivity index is 1.65. The van der Waals surface area contributed by atoms with E-state index in [1.807, 2.05) is 36.0 Å². The number of amides is 2. The van der Waals surface area contributed by atoms with Crippen molar-refractivity contribution in [1.29, 1.82) is 0 Å². The number of rotatable bonds is 7. The minimum atomic E-state index is -0.368. The van der Waals surface area contributed by atoms with Crippen molar-refractivity contribution < 1.29 is 9.59 Å². The van der Waals surface area contributed by atoms with Crippen molar-refractivity contribution in [2.24, 2.45) is 10.8 Å². The number of fused-ring (bicyclic) bond motifs is 1. The number of hydrogen-bond donors (Lipinski definition) is 5. The molecule has 0 radical (unpaired) electrons. The Bertz CT molecular complexity index is 1040. The van der Waals surface area contributed by atoms with Gasteiger partial charge in [-0.05, 0) is 54.2 Å². The summed E-state index contributed by atoms with van der Waals surface area (Å²) in [5.41, 5.74) is 9.36. The summed E-state index contributed by atoms with van der Waals surface area (Å²) in [7, 11) is 0. The van der Waals surface area contributed by atoms with Gasteiger partial charge in [-0.25, -0.2) is 21.3 Å². The van der Waals surface area contributed by atoms with Crippen LogP contribution >= 0.6 is 23.4 Å². The molecule has 168 valence electrons. The van der Waals surface area contributed by atoms with E-state index in [9.17, 15) is 9.59 Å². The number of nitrogens with one attached hydrogen (secondary N) is 4. The summed E-state index contributed by atoms with van der Waals surface area (Å²) in [6.45, 7) is 0.562. The van der Waals surface area contributed by atoms with E-state index in [-0.39, 0.29) is 5.54 Å². The Morgan fingerprint density at radius 1 is 1.25 bits per heavy atom. The Morgan fingerprint density at radius 3 is 2.78 bits per heavy atom. The second-order valence-electron chi connectivity index (χ2n) is 7.55. The maximum absolute atomic E-state index is 11.2. The van der Waals surface area contributed by atoms with Gasteiger partial charge in [0.15, 0.2) is 0 Å². The lowest BCUT2D eigenvalue weighted by Crippen LogP contribution is -2.58. The second kappa shape index (κ2) is 9.78. The van der Waals surface area contributed by atoms with E-state index in [4.69, 9.17) is 22.4 Å². The van der Waals surface area contributed by atoms with Crippen LogP contribution in [0.3, 0.4) is 0 Å². The summed E-state index contributed by atoms with van der Waals surface area (Å²) in [6.07, 6.45) is 2.80. The van der Waals surface area contributed by atoms with Crippen molar-refractivity contribution in [2.75, 3.05) is 27.1 Å². The van der Waals surface area contributed by atoms with E-state index in [1.54, 1.807) is 12.1 Å². The molecule has 0 bridgehead atoms. The molecule has 2 aromatic carbocycles. The van der Waals surface area contributed by atoms with E-state index < -0.39 is 0 Å². The molecule has 0 aromatic heterocycles. The molecule has 2 aliphatic heterocycles. The Labute approximate surface area is 195 Å². The number of aliphatic imine (C=N–C) groups is 1. The number of benzene rings is 2. The fourth-order valence-electron chi connectivity index (χ4n) is 3.87. The monoisotopic (exact) mass is 473 g/mol. The molecular formula is C21H24ClN7O2S. The molecule has 4 rings (SSSR count). The van der Waals surface area contributed by atoms with Crippen LogP contribution in [0.4, 0.5) is 22.7 Å². The molecule has 11 heteroatoms. The summed E-state index contributed by atoms with van der Waals surface area (Å²) in [5.74, 6) is 8.55. The van der Waals surface area contributed by atoms with Crippen molar-refractivity contribution in [1.82, 2.24) is 10.9 Å². The molecule has 0 atom stereocenters. The lowest BCUT2D eigenvalue weighted by Gasteiger charge is -2.42. The van der Waals surface area contributed by atoms with E-state index in [2.05, 4.69) is 21.5 Å². The third-order valence-corrected chi connectivity index (χ3v) is 6.74. The van der Waals surface area contributed by atoms with Crippen LogP contribution in [0.1, 0.15) is 18.4 Å². The lowest BCUT2D eigenvalue weighted by molar-refractivity contribution is -0.107. The largest absolute Gasteiger partial charge is 0.371 e. The number of nitrogens with two attached hydrogens (primary N) is 1. The molecule has 2 aliphatic rings. The van der Waals surface area contributed by atoms with Crippen LogP contribution in [0.5, 0.6) is 0 Å². The van der Waals surface area contributed by atoms with Crippen molar-refractivity contribution in [3.8, 4) is 0 Å². The van der Waals surface area contributed by atoms with E-state index in [1.165, 1.54) is 0 Å². The molecule has 0 unspecified atom stereocenters. The molecule has 9 nitrogen and oxygen atoms in total. The Kier molecular flexibility index (Phi) is 6.85. The third-order valence-electron chi connectivity index (χ3n) is 5.51. The van der Waals surface area contributed by atoms with Gasteiger partial charge in [-0.1, -0.05) is 23.7 Å². The molecule has 1 fully saturated rings. The summed E-state index contributed by atoms with van der Waals surface area (Å²) < 4.78 is 0. The van der Waals surface area contributed by atoms with Gasteiger partial charge in [0.25, 0.3) is 0 Å². The quantitative estimate of drug-likeness (QED) is 0.181. The number of hydrazine groups is 2. The second-order valence-corrected chi connectivity index (χ2v) is 9.21. The van der Waals surface area contributed by atoms with Gasteiger partial charge in [-0.3, -0.25) is 9.59 Å². The first kappa shape index (κ1) is 22.4. The van der Waals surface area contributed by atoms with Crippen molar-refractivity contribution >= 4 is 64.8 Å². The highest BCUT2D eigenvalue weighted by molar-refractivity contribution is 7.99. The minimum absolute atomic E-state index is 0.345. The van der Waals surface area contributed by atoms with Crippen molar-refractivity contribution in [2.45, 2.75) is 24.9 Å². The van der Waals surface area contributed by atoms with Crippen LogP contribution in [0.2, 0.25) is 5.02 Å². The fraction of sp³-hybridized carbons (Fsp3) is 0.286.